The average Bonchev–Trinajstić information content (AvgIpc) is 3.20. The average molecular weight is 466 g/mol. The highest BCUT2D eigenvalue weighted by Gasteiger charge is 2.30. The van der Waals surface area contributed by atoms with Crippen molar-refractivity contribution in [3.63, 3.8) is 0 Å². The van der Waals surface area contributed by atoms with E-state index in [1.54, 1.807) is 12.1 Å². The standard InChI is InChI=1S/C24H31N3O2.2ClH/c1-2-22-25-23(18-6-10-20(28)11-7-18)24(26-22)19-8-12-21(13-9-19)29-17-16-27-14-4-3-5-15-27;;/h6-13,23-24,28H,2-5,14-17H2,1H3,(H,25,26);2*1H/t23-,24+;;/m0../s1. The van der Waals surface area contributed by atoms with E-state index in [2.05, 4.69) is 41.4 Å². The van der Waals surface area contributed by atoms with Crippen LogP contribution in [0.2, 0.25) is 0 Å². The van der Waals surface area contributed by atoms with E-state index in [1.165, 1.54) is 37.9 Å². The summed E-state index contributed by atoms with van der Waals surface area (Å²) in [5.74, 6) is 2.22. The molecule has 0 saturated carbocycles. The molecule has 2 atom stereocenters. The molecular formula is C24H33Cl2N3O2. The highest BCUT2D eigenvalue weighted by molar-refractivity contribution is 5.86. The molecule has 2 aromatic carbocycles. The fourth-order valence-corrected chi connectivity index (χ4v) is 4.18. The maximum absolute atomic E-state index is 9.60. The third-order valence-corrected chi connectivity index (χ3v) is 5.87. The quantitative estimate of drug-likeness (QED) is 0.582. The van der Waals surface area contributed by atoms with E-state index in [0.717, 1.165) is 36.7 Å². The van der Waals surface area contributed by atoms with Gasteiger partial charge < -0.3 is 15.2 Å². The van der Waals surface area contributed by atoms with Crippen molar-refractivity contribution in [1.82, 2.24) is 10.2 Å². The molecule has 2 aliphatic heterocycles. The molecule has 2 heterocycles. The first-order valence-corrected chi connectivity index (χ1v) is 10.8. The van der Waals surface area contributed by atoms with Crippen molar-refractivity contribution in [1.29, 1.82) is 0 Å². The Hall–Kier alpha value is -1.95. The monoisotopic (exact) mass is 465 g/mol. The van der Waals surface area contributed by atoms with Crippen LogP contribution in [0.3, 0.4) is 0 Å². The van der Waals surface area contributed by atoms with E-state index in [9.17, 15) is 5.11 Å². The lowest BCUT2D eigenvalue weighted by molar-refractivity contribution is 0.183. The Morgan fingerprint density at radius 2 is 1.61 bits per heavy atom. The summed E-state index contributed by atoms with van der Waals surface area (Å²) in [7, 11) is 0. The summed E-state index contributed by atoms with van der Waals surface area (Å²) < 4.78 is 5.97. The van der Waals surface area contributed by atoms with Crippen molar-refractivity contribution < 1.29 is 9.84 Å². The second-order valence-electron chi connectivity index (χ2n) is 7.91. The number of aliphatic imine (C=N–C) groups is 1. The van der Waals surface area contributed by atoms with Crippen molar-refractivity contribution in [2.24, 2.45) is 4.99 Å². The highest BCUT2D eigenvalue weighted by Crippen LogP contribution is 2.37. The Labute approximate surface area is 197 Å². The van der Waals surface area contributed by atoms with Crippen LogP contribution < -0.4 is 10.1 Å². The molecule has 0 bridgehead atoms. The van der Waals surface area contributed by atoms with Crippen LogP contribution in [0, 0.1) is 0 Å². The minimum atomic E-state index is 0. The van der Waals surface area contributed by atoms with Gasteiger partial charge in [0.05, 0.1) is 11.9 Å². The number of rotatable bonds is 7. The molecule has 0 aromatic heterocycles. The number of aromatic hydroxyl groups is 1. The van der Waals surface area contributed by atoms with Crippen molar-refractivity contribution in [2.75, 3.05) is 26.2 Å². The molecule has 2 N–H and O–H groups in total. The fourth-order valence-electron chi connectivity index (χ4n) is 4.18. The molecule has 0 aliphatic carbocycles. The van der Waals surface area contributed by atoms with Crippen molar-refractivity contribution >= 4 is 30.6 Å². The van der Waals surface area contributed by atoms with E-state index in [-0.39, 0.29) is 42.6 Å². The molecule has 1 saturated heterocycles. The van der Waals surface area contributed by atoms with Crippen molar-refractivity contribution in [3.8, 4) is 11.5 Å². The highest BCUT2D eigenvalue weighted by atomic mass is 35.5. The largest absolute Gasteiger partial charge is 0.508 e. The van der Waals surface area contributed by atoms with E-state index in [1.807, 2.05) is 12.1 Å². The van der Waals surface area contributed by atoms with Crippen molar-refractivity contribution in [3.05, 3.63) is 59.7 Å². The van der Waals surface area contributed by atoms with Gasteiger partial charge in [-0.15, -0.1) is 24.8 Å². The molecule has 7 heteroatoms. The maximum atomic E-state index is 9.60. The Balaban J connectivity index is 0.00000171. The van der Waals surface area contributed by atoms with Gasteiger partial charge in [0.2, 0.25) is 0 Å². The van der Waals surface area contributed by atoms with Gasteiger partial charge in [0, 0.05) is 13.0 Å². The minimum absolute atomic E-state index is 0. The van der Waals surface area contributed by atoms with Gasteiger partial charge >= 0.3 is 0 Å². The first kappa shape index (κ1) is 25.3. The van der Waals surface area contributed by atoms with Crippen LogP contribution in [0.1, 0.15) is 55.8 Å². The van der Waals surface area contributed by atoms with Crippen LogP contribution in [0.15, 0.2) is 53.5 Å². The Morgan fingerprint density at radius 1 is 0.968 bits per heavy atom. The lowest BCUT2D eigenvalue weighted by Crippen LogP contribution is -2.33. The molecule has 0 radical (unpaired) electrons. The fraction of sp³-hybridized carbons (Fsp3) is 0.458. The summed E-state index contributed by atoms with van der Waals surface area (Å²) in [5, 5.41) is 13.1. The second kappa shape index (κ2) is 12.2. The van der Waals surface area contributed by atoms with E-state index in [4.69, 9.17) is 9.73 Å². The smallest absolute Gasteiger partial charge is 0.119 e. The summed E-state index contributed by atoms with van der Waals surface area (Å²) in [6.07, 6.45) is 4.87. The molecule has 5 nitrogen and oxygen atoms in total. The van der Waals surface area contributed by atoms with Gasteiger partial charge in [-0.3, -0.25) is 9.89 Å². The Bertz CT molecular complexity index is 822. The Kier molecular flexibility index (Phi) is 9.94. The number of hydrogen-bond acceptors (Lipinski definition) is 5. The summed E-state index contributed by atoms with van der Waals surface area (Å²) in [5.41, 5.74) is 2.30. The van der Waals surface area contributed by atoms with Crippen LogP contribution in [0.25, 0.3) is 0 Å². The zero-order chi connectivity index (χ0) is 20.1. The summed E-state index contributed by atoms with van der Waals surface area (Å²) >= 11 is 0. The molecule has 31 heavy (non-hydrogen) atoms. The molecular weight excluding hydrogens is 433 g/mol. The lowest BCUT2D eigenvalue weighted by atomic mass is 9.95. The number of benzene rings is 2. The van der Waals surface area contributed by atoms with Crippen LogP contribution in [-0.4, -0.2) is 42.1 Å². The molecule has 4 rings (SSSR count). The van der Waals surface area contributed by atoms with Gasteiger partial charge in [-0.2, -0.15) is 0 Å². The number of nitrogens with one attached hydrogen (secondary N) is 1. The number of amidine groups is 1. The van der Waals surface area contributed by atoms with E-state index < -0.39 is 0 Å². The number of likely N-dealkylation sites (tertiary alicyclic amines) is 1. The van der Waals surface area contributed by atoms with Gasteiger partial charge in [-0.1, -0.05) is 37.6 Å². The molecule has 1 fully saturated rings. The normalized spacial score (nSPS) is 20.7. The van der Waals surface area contributed by atoms with Crippen molar-refractivity contribution in [2.45, 2.75) is 44.7 Å². The first-order valence-electron chi connectivity index (χ1n) is 10.8. The number of phenolic OH excluding ortho intramolecular Hbond substituents is 1. The number of hydrogen-bond donors (Lipinski definition) is 2. The number of piperidine rings is 1. The maximum Gasteiger partial charge on any atom is 0.119 e. The molecule has 2 aromatic rings. The molecule has 2 aliphatic rings. The van der Waals surface area contributed by atoms with Crippen LogP contribution in [-0.2, 0) is 0 Å². The lowest BCUT2D eigenvalue weighted by Gasteiger charge is -2.26. The molecule has 0 amide bonds. The number of nitrogens with zero attached hydrogens (tertiary/aromatic N) is 2. The van der Waals surface area contributed by atoms with Crippen LogP contribution in [0.5, 0.6) is 11.5 Å². The van der Waals surface area contributed by atoms with Gasteiger partial charge in [0.1, 0.15) is 24.1 Å². The summed E-state index contributed by atoms with van der Waals surface area (Å²) in [4.78, 5) is 7.40. The zero-order valence-corrected chi connectivity index (χ0v) is 19.6. The van der Waals surface area contributed by atoms with Gasteiger partial charge in [0.15, 0.2) is 0 Å². The molecule has 0 unspecified atom stereocenters. The van der Waals surface area contributed by atoms with Gasteiger partial charge in [0.25, 0.3) is 0 Å². The minimum Gasteiger partial charge on any atom is -0.508 e. The predicted molar refractivity (Wildman–Crippen MR) is 131 cm³/mol. The van der Waals surface area contributed by atoms with Gasteiger partial charge in [-0.05, 0) is 61.3 Å². The zero-order valence-electron chi connectivity index (χ0n) is 18.0. The van der Waals surface area contributed by atoms with E-state index >= 15 is 0 Å². The van der Waals surface area contributed by atoms with Crippen LogP contribution in [0.4, 0.5) is 0 Å². The molecule has 170 valence electrons. The summed E-state index contributed by atoms with van der Waals surface area (Å²) in [6.45, 7) is 6.25. The third kappa shape index (κ3) is 6.52. The number of ether oxygens (including phenoxy) is 1. The number of phenols is 1. The second-order valence-corrected chi connectivity index (χ2v) is 7.91. The topological polar surface area (TPSA) is 57.1 Å². The predicted octanol–water partition coefficient (Wildman–Crippen LogP) is 5.29. The van der Waals surface area contributed by atoms with E-state index in [0.29, 0.717) is 0 Å². The molecule has 0 spiro atoms. The van der Waals surface area contributed by atoms with Crippen LogP contribution >= 0.6 is 24.8 Å². The van der Waals surface area contributed by atoms with Gasteiger partial charge in [-0.25, -0.2) is 0 Å². The number of halogens is 2. The third-order valence-electron chi connectivity index (χ3n) is 5.87. The first-order chi connectivity index (χ1) is 14.2. The Morgan fingerprint density at radius 3 is 2.26 bits per heavy atom. The summed E-state index contributed by atoms with van der Waals surface area (Å²) in [6, 6.07) is 15.9. The SMILES string of the molecule is CCC1=N[C@H](c2ccc(OCCN3CCCCC3)cc2)[C@H](c2ccc(O)cc2)N1.Cl.Cl.